The molecule has 0 aliphatic rings. The van der Waals surface area contributed by atoms with E-state index in [9.17, 15) is 9.90 Å². The normalized spacial score (nSPS) is 12.1. The van der Waals surface area contributed by atoms with Crippen LogP contribution in [0.5, 0.6) is 0 Å². The van der Waals surface area contributed by atoms with Crippen LogP contribution in [0.3, 0.4) is 0 Å². The molecule has 0 aliphatic carbocycles. The van der Waals surface area contributed by atoms with Gasteiger partial charge in [0.2, 0.25) is 0 Å². The van der Waals surface area contributed by atoms with Crippen LogP contribution in [0.15, 0.2) is 0 Å². The van der Waals surface area contributed by atoms with Gasteiger partial charge in [0.05, 0.1) is 5.97 Å². The van der Waals surface area contributed by atoms with Gasteiger partial charge in [-0.2, -0.15) is 0 Å². The Bertz CT molecular complexity index is 575. The van der Waals surface area contributed by atoms with Crippen LogP contribution >= 0.6 is 0 Å². The Balaban J connectivity index is 0. The predicted octanol–water partition coefficient (Wildman–Crippen LogP) is 11.3. The minimum atomic E-state index is -0.860. The van der Waals surface area contributed by atoms with Crippen LogP contribution in [0.2, 0.25) is 0 Å². The van der Waals surface area contributed by atoms with E-state index in [0.29, 0.717) is 0 Å². The molecule has 0 aromatic heterocycles. The van der Waals surface area contributed by atoms with Gasteiger partial charge in [-0.1, -0.05) is 245 Å². The molecule has 0 fully saturated rings. The average Bonchev–Trinajstić information content (AvgIpc) is 3.08. The number of aliphatic carboxylic acids is 1. The molecular formula is C45H90NNaO2. The Morgan fingerprint density at radius 3 is 0.755 bits per heavy atom. The molecule has 4 heteroatoms. The summed E-state index contributed by atoms with van der Waals surface area (Å²) in [6.07, 6.45) is 51.5. The van der Waals surface area contributed by atoms with Crippen molar-refractivity contribution in [2.75, 3.05) is 13.1 Å². The van der Waals surface area contributed by atoms with Gasteiger partial charge in [0.15, 0.2) is 0 Å². The SMILES string of the molecule is CCCCCCCCCCCCCCCCCCCCN(CCCCCCCCCCCCCCCCCCCC)C(CCC)C(=O)[O-].[Na+]. The summed E-state index contributed by atoms with van der Waals surface area (Å²) >= 11 is 0. The first kappa shape index (κ1) is 51.5. The van der Waals surface area contributed by atoms with Crippen molar-refractivity contribution >= 4 is 5.97 Å². The molecule has 0 heterocycles. The minimum Gasteiger partial charge on any atom is -0.548 e. The van der Waals surface area contributed by atoms with E-state index in [0.717, 1.165) is 38.8 Å². The molecule has 0 radical (unpaired) electrons. The molecule has 288 valence electrons. The summed E-state index contributed by atoms with van der Waals surface area (Å²) in [4.78, 5) is 14.2. The van der Waals surface area contributed by atoms with E-state index in [-0.39, 0.29) is 29.6 Å². The summed E-state index contributed by atoms with van der Waals surface area (Å²) in [6, 6.07) is -0.397. The molecule has 0 saturated carbocycles. The van der Waals surface area contributed by atoms with Crippen molar-refractivity contribution in [1.82, 2.24) is 4.90 Å². The third kappa shape index (κ3) is 39.5. The van der Waals surface area contributed by atoms with Crippen molar-refractivity contribution in [3.8, 4) is 0 Å². The van der Waals surface area contributed by atoms with E-state index in [1.807, 2.05) is 0 Å². The molecule has 1 unspecified atom stereocenters. The predicted molar refractivity (Wildman–Crippen MR) is 213 cm³/mol. The minimum absolute atomic E-state index is 0. The molecule has 3 nitrogen and oxygen atoms in total. The van der Waals surface area contributed by atoms with E-state index in [4.69, 9.17) is 0 Å². The first-order valence-corrected chi connectivity index (χ1v) is 22.6. The summed E-state index contributed by atoms with van der Waals surface area (Å²) in [5.41, 5.74) is 0. The van der Waals surface area contributed by atoms with Crippen molar-refractivity contribution in [3.05, 3.63) is 0 Å². The molecule has 0 N–H and O–H groups in total. The van der Waals surface area contributed by atoms with E-state index in [1.165, 1.54) is 218 Å². The van der Waals surface area contributed by atoms with Crippen LogP contribution < -0.4 is 34.7 Å². The molecule has 0 aromatic rings. The van der Waals surface area contributed by atoms with Gasteiger partial charge in [0.25, 0.3) is 0 Å². The average molecular weight is 700 g/mol. The largest absolute Gasteiger partial charge is 1.00 e. The van der Waals surface area contributed by atoms with Gasteiger partial charge in [-0.3, -0.25) is 4.90 Å². The maximum absolute atomic E-state index is 12.0. The molecule has 0 amide bonds. The Hall–Kier alpha value is 0.430. The molecule has 0 spiro atoms. The van der Waals surface area contributed by atoms with E-state index >= 15 is 0 Å². The standard InChI is InChI=1S/C45H91NO2.Na/c1-4-7-9-11-13-15-17-19-21-23-25-27-29-31-33-35-37-39-42-46(44(41-6-3)45(47)48)43-40-38-36-34-32-30-28-26-24-22-20-18-16-14-12-10-8-5-2;/h44H,4-43H2,1-3H3,(H,47,48);/q;+1/p-1. The number of carbonyl (C=O) groups excluding carboxylic acids is 1. The van der Waals surface area contributed by atoms with E-state index in [1.54, 1.807) is 0 Å². The van der Waals surface area contributed by atoms with E-state index in [2.05, 4.69) is 25.7 Å². The molecule has 0 saturated heterocycles. The quantitative estimate of drug-likeness (QED) is 0.0470. The number of carbonyl (C=O) groups is 1. The van der Waals surface area contributed by atoms with Gasteiger partial charge >= 0.3 is 29.6 Å². The van der Waals surface area contributed by atoms with Crippen LogP contribution in [0, 0.1) is 0 Å². The second-order valence-corrected chi connectivity index (χ2v) is 15.7. The number of rotatable bonds is 42. The van der Waals surface area contributed by atoms with Gasteiger partial charge in [-0.05, 0) is 32.4 Å². The zero-order valence-corrected chi connectivity index (χ0v) is 36.6. The van der Waals surface area contributed by atoms with Gasteiger partial charge in [0.1, 0.15) is 0 Å². The Morgan fingerprint density at radius 1 is 0.367 bits per heavy atom. The van der Waals surface area contributed by atoms with Crippen LogP contribution in [-0.4, -0.2) is 30.0 Å². The first-order valence-electron chi connectivity index (χ1n) is 22.6. The summed E-state index contributed by atoms with van der Waals surface area (Å²) in [5.74, 6) is -0.860. The maximum Gasteiger partial charge on any atom is 1.00 e. The van der Waals surface area contributed by atoms with Crippen molar-refractivity contribution in [2.45, 2.75) is 271 Å². The van der Waals surface area contributed by atoms with Crippen molar-refractivity contribution in [2.24, 2.45) is 0 Å². The molecule has 0 rings (SSSR count). The molecule has 49 heavy (non-hydrogen) atoms. The van der Waals surface area contributed by atoms with Crippen molar-refractivity contribution in [1.29, 1.82) is 0 Å². The van der Waals surface area contributed by atoms with Gasteiger partial charge in [0, 0.05) is 6.04 Å². The second kappa shape index (κ2) is 44.6. The van der Waals surface area contributed by atoms with E-state index < -0.39 is 12.0 Å². The summed E-state index contributed by atoms with van der Waals surface area (Å²) in [6.45, 7) is 8.54. The zero-order chi connectivity index (χ0) is 35.0. The van der Waals surface area contributed by atoms with Crippen molar-refractivity contribution < 1.29 is 39.5 Å². The number of hydrogen-bond donors (Lipinski definition) is 0. The number of nitrogens with zero attached hydrogens (tertiary/aromatic N) is 1. The van der Waals surface area contributed by atoms with Crippen molar-refractivity contribution in [3.63, 3.8) is 0 Å². The third-order valence-electron chi connectivity index (χ3n) is 10.9. The van der Waals surface area contributed by atoms with Gasteiger partial charge in [-0.15, -0.1) is 0 Å². The Morgan fingerprint density at radius 2 is 0.571 bits per heavy atom. The van der Waals surface area contributed by atoms with Gasteiger partial charge < -0.3 is 9.90 Å². The second-order valence-electron chi connectivity index (χ2n) is 15.7. The summed E-state index contributed by atoms with van der Waals surface area (Å²) < 4.78 is 0. The molecule has 1 atom stereocenters. The summed E-state index contributed by atoms with van der Waals surface area (Å²) in [5, 5.41) is 12.0. The molecule has 0 bridgehead atoms. The zero-order valence-electron chi connectivity index (χ0n) is 34.6. The Labute approximate surface area is 332 Å². The number of hydrogen-bond acceptors (Lipinski definition) is 3. The summed E-state index contributed by atoms with van der Waals surface area (Å²) in [7, 11) is 0. The molecular weight excluding hydrogens is 609 g/mol. The molecule has 0 aromatic carbocycles. The fourth-order valence-electron chi connectivity index (χ4n) is 7.58. The number of carboxylic acid groups (broad SMARTS) is 1. The number of unbranched alkanes of at least 4 members (excludes halogenated alkanes) is 34. The van der Waals surface area contributed by atoms with Crippen LogP contribution in [0.4, 0.5) is 0 Å². The fourth-order valence-corrected chi connectivity index (χ4v) is 7.58. The smallest absolute Gasteiger partial charge is 0.548 e. The number of carboxylic acids is 1. The van der Waals surface area contributed by atoms with Crippen LogP contribution in [-0.2, 0) is 4.79 Å². The Kier molecular flexibility index (Phi) is 46.9. The van der Waals surface area contributed by atoms with Gasteiger partial charge in [-0.25, -0.2) is 0 Å². The van der Waals surface area contributed by atoms with Crippen LogP contribution in [0.1, 0.15) is 265 Å². The molecule has 0 aliphatic heterocycles. The maximum atomic E-state index is 12.0. The monoisotopic (exact) mass is 700 g/mol. The third-order valence-corrected chi connectivity index (χ3v) is 10.9. The first-order chi connectivity index (χ1) is 23.7. The van der Waals surface area contributed by atoms with Crippen LogP contribution in [0.25, 0.3) is 0 Å². The fraction of sp³-hybridized carbons (Fsp3) is 0.978. The topological polar surface area (TPSA) is 43.4 Å².